The molecule has 94 valence electrons. The molecule has 1 aliphatic rings. The summed E-state index contributed by atoms with van der Waals surface area (Å²) >= 11 is 0. The number of nitrogens with zero attached hydrogens (tertiary/aromatic N) is 1. The van der Waals surface area contributed by atoms with E-state index in [0.29, 0.717) is 13.0 Å². The van der Waals surface area contributed by atoms with Gasteiger partial charge >= 0.3 is 0 Å². The van der Waals surface area contributed by atoms with Crippen LogP contribution in [0.25, 0.3) is 0 Å². The molecule has 1 aromatic carbocycles. The molecule has 0 unspecified atom stereocenters. The van der Waals surface area contributed by atoms with Crippen LogP contribution >= 0.6 is 0 Å². The lowest BCUT2D eigenvalue weighted by Gasteiger charge is -2.50. The summed E-state index contributed by atoms with van der Waals surface area (Å²) in [5.74, 6) is 0. The maximum Gasteiger partial charge on any atom is 0.103 e. The van der Waals surface area contributed by atoms with Gasteiger partial charge in [-0.05, 0) is 32.9 Å². The zero-order valence-corrected chi connectivity index (χ0v) is 10.7. The molecule has 2 N–H and O–H groups in total. The second-order valence-electron chi connectivity index (χ2n) is 5.59. The van der Waals surface area contributed by atoms with Crippen LogP contribution in [0.4, 0.5) is 0 Å². The van der Waals surface area contributed by atoms with Crippen LogP contribution in [0.5, 0.6) is 0 Å². The lowest BCUT2D eigenvalue weighted by atomic mass is 9.75. The molecule has 1 saturated heterocycles. The summed E-state index contributed by atoms with van der Waals surface area (Å²) in [6.45, 7) is 3.89. The van der Waals surface area contributed by atoms with Crippen molar-refractivity contribution in [1.29, 1.82) is 0 Å². The van der Waals surface area contributed by atoms with Crippen LogP contribution in [-0.4, -0.2) is 39.9 Å². The molecule has 0 saturated carbocycles. The predicted octanol–water partition coefficient (Wildman–Crippen LogP) is 1.57. The molecule has 3 nitrogen and oxygen atoms in total. The van der Waals surface area contributed by atoms with E-state index in [1.165, 1.54) is 5.56 Å². The molecule has 1 aromatic rings. The number of likely N-dealkylation sites (tertiary alicyclic amines) is 1. The average molecular weight is 235 g/mol. The van der Waals surface area contributed by atoms with Gasteiger partial charge in [0.05, 0.1) is 5.60 Å². The Morgan fingerprint density at radius 3 is 2.29 bits per heavy atom. The molecule has 17 heavy (non-hydrogen) atoms. The fraction of sp³-hybridized carbons (Fsp3) is 0.571. The number of aliphatic hydroxyl groups is 2. The van der Waals surface area contributed by atoms with Gasteiger partial charge < -0.3 is 10.2 Å². The van der Waals surface area contributed by atoms with E-state index < -0.39 is 11.2 Å². The minimum atomic E-state index is -1.06. The third-order valence-corrected chi connectivity index (χ3v) is 4.02. The molecule has 1 aliphatic heterocycles. The Balaban J connectivity index is 2.28. The van der Waals surface area contributed by atoms with Crippen molar-refractivity contribution in [3.05, 3.63) is 35.9 Å². The first-order valence-electron chi connectivity index (χ1n) is 6.03. The van der Waals surface area contributed by atoms with Crippen molar-refractivity contribution >= 4 is 0 Å². The minimum Gasteiger partial charge on any atom is -0.387 e. The highest BCUT2D eigenvalue weighted by molar-refractivity contribution is 5.21. The number of piperidine rings is 1. The molecule has 1 fully saturated rings. The summed E-state index contributed by atoms with van der Waals surface area (Å²) < 4.78 is 0. The third-order valence-electron chi connectivity index (χ3n) is 4.02. The Labute approximate surface area is 103 Å². The van der Waals surface area contributed by atoms with E-state index in [1.807, 2.05) is 25.2 Å². The van der Waals surface area contributed by atoms with Gasteiger partial charge in [0.25, 0.3) is 0 Å². The Hall–Kier alpha value is -0.900. The van der Waals surface area contributed by atoms with Crippen molar-refractivity contribution in [3.63, 3.8) is 0 Å². The monoisotopic (exact) mass is 235 g/mol. The topological polar surface area (TPSA) is 43.7 Å². The van der Waals surface area contributed by atoms with Gasteiger partial charge in [-0.2, -0.15) is 0 Å². The second-order valence-corrected chi connectivity index (χ2v) is 5.59. The number of benzene rings is 1. The van der Waals surface area contributed by atoms with Gasteiger partial charge in [-0.1, -0.05) is 30.3 Å². The van der Waals surface area contributed by atoms with Crippen LogP contribution < -0.4 is 0 Å². The van der Waals surface area contributed by atoms with E-state index in [4.69, 9.17) is 0 Å². The van der Waals surface area contributed by atoms with Crippen molar-refractivity contribution in [2.24, 2.45) is 0 Å². The molecule has 1 heterocycles. The second kappa shape index (κ2) is 4.09. The number of β-amino-alcohol motifs (C(OH)–C–C–N with tert-alkyl or cyclic N) is 1. The van der Waals surface area contributed by atoms with E-state index in [9.17, 15) is 10.2 Å². The first kappa shape index (κ1) is 12.6. The summed E-state index contributed by atoms with van der Waals surface area (Å²) in [6.07, 6.45) is 0.542. The van der Waals surface area contributed by atoms with E-state index in [-0.39, 0.29) is 6.04 Å². The van der Waals surface area contributed by atoms with Crippen LogP contribution in [0.3, 0.4) is 0 Å². The Bertz CT molecular complexity index is 386. The largest absolute Gasteiger partial charge is 0.387 e. The van der Waals surface area contributed by atoms with Gasteiger partial charge in [0.1, 0.15) is 5.60 Å². The lowest BCUT2D eigenvalue weighted by molar-refractivity contribution is -0.181. The highest BCUT2D eigenvalue weighted by Crippen LogP contribution is 2.40. The van der Waals surface area contributed by atoms with Crippen molar-refractivity contribution < 1.29 is 10.2 Å². The van der Waals surface area contributed by atoms with Gasteiger partial charge in [0, 0.05) is 12.6 Å². The normalized spacial score (nSPS) is 39.2. The number of likely N-dealkylation sites (N-methyl/N-ethyl adjacent to an activating group) is 1. The summed E-state index contributed by atoms with van der Waals surface area (Å²) in [4.78, 5) is 2.10. The minimum absolute atomic E-state index is 0.159. The fourth-order valence-corrected chi connectivity index (χ4v) is 2.57. The summed E-state index contributed by atoms with van der Waals surface area (Å²) in [5, 5.41) is 20.6. The van der Waals surface area contributed by atoms with Crippen LogP contribution in [-0.2, 0) is 0 Å². The van der Waals surface area contributed by atoms with Crippen LogP contribution in [0, 0.1) is 0 Å². The SMILES string of the molecule is CN1C[C@](C)(O)[C@](C)(O)C[C@H]1c1ccccc1. The van der Waals surface area contributed by atoms with E-state index >= 15 is 0 Å². The molecule has 3 atom stereocenters. The molecular weight excluding hydrogens is 214 g/mol. The van der Waals surface area contributed by atoms with Crippen LogP contribution in [0.15, 0.2) is 30.3 Å². The molecule has 0 radical (unpaired) electrons. The molecule has 0 bridgehead atoms. The van der Waals surface area contributed by atoms with Gasteiger partial charge in [-0.25, -0.2) is 0 Å². The standard InChI is InChI=1S/C14H21NO2/c1-13(16)9-12(11-7-5-4-6-8-11)15(3)10-14(13,2)17/h4-8,12,16-17H,9-10H2,1-3H3/t12-,13+,14-/m0/s1. The van der Waals surface area contributed by atoms with Crippen LogP contribution in [0.2, 0.25) is 0 Å². The Morgan fingerprint density at radius 2 is 1.71 bits per heavy atom. The summed E-state index contributed by atoms with van der Waals surface area (Å²) in [7, 11) is 1.99. The fourth-order valence-electron chi connectivity index (χ4n) is 2.57. The van der Waals surface area contributed by atoms with Crippen molar-refractivity contribution in [2.45, 2.75) is 37.5 Å². The van der Waals surface area contributed by atoms with Crippen molar-refractivity contribution in [1.82, 2.24) is 4.90 Å². The van der Waals surface area contributed by atoms with Gasteiger partial charge in [-0.3, -0.25) is 4.90 Å². The molecule has 3 heteroatoms. The molecule has 0 aromatic heterocycles. The smallest absolute Gasteiger partial charge is 0.103 e. The number of hydrogen-bond acceptors (Lipinski definition) is 3. The zero-order valence-electron chi connectivity index (χ0n) is 10.7. The summed E-state index contributed by atoms with van der Waals surface area (Å²) in [6, 6.07) is 10.3. The van der Waals surface area contributed by atoms with Crippen molar-refractivity contribution in [2.75, 3.05) is 13.6 Å². The first-order valence-corrected chi connectivity index (χ1v) is 6.03. The Morgan fingerprint density at radius 1 is 1.12 bits per heavy atom. The Kier molecular flexibility index (Phi) is 3.02. The number of rotatable bonds is 1. The van der Waals surface area contributed by atoms with E-state index in [0.717, 1.165) is 0 Å². The maximum atomic E-state index is 10.4. The average Bonchev–Trinajstić information content (AvgIpc) is 2.24. The van der Waals surface area contributed by atoms with Crippen LogP contribution in [0.1, 0.15) is 31.9 Å². The molecule has 0 aliphatic carbocycles. The zero-order chi connectivity index (χ0) is 12.7. The molecule has 2 rings (SSSR count). The van der Waals surface area contributed by atoms with Crippen molar-refractivity contribution in [3.8, 4) is 0 Å². The van der Waals surface area contributed by atoms with Gasteiger partial charge in [0.15, 0.2) is 0 Å². The lowest BCUT2D eigenvalue weighted by Crippen LogP contribution is -2.61. The first-order chi connectivity index (χ1) is 7.83. The van der Waals surface area contributed by atoms with E-state index in [2.05, 4.69) is 17.0 Å². The molecule has 0 amide bonds. The maximum absolute atomic E-state index is 10.4. The summed E-state index contributed by atoms with van der Waals surface area (Å²) in [5.41, 5.74) is -0.932. The molecular formula is C14H21NO2. The van der Waals surface area contributed by atoms with Gasteiger partial charge in [-0.15, -0.1) is 0 Å². The predicted molar refractivity (Wildman–Crippen MR) is 67.7 cm³/mol. The third kappa shape index (κ3) is 2.23. The quantitative estimate of drug-likeness (QED) is 0.776. The number of hydrogen-bond donors (Lipinski definition) is 2. The molecule has 0 spiro atoms. The highest BCUT2D eigenvalue weighted by atomic mass is 16.4. The highest BCUT2D eigenvalue weighted by Gasteiger charge is 2.49. The van der Waals surface area contributed by atoms with E-state index in [1.54, 1.807) is 13.8 Å². The van der Waals surface area contributed by atoms with Gasteiger partial charge in [0.2, 0.25) is 0 Å².